The third kappa shape index (κ3) is 3.93. The van der Waals surface area contributed by atoms with Gasteiger partial charge in [0.2, 0.25) is 0 Å². The van der Waals surface area contributed by atoms with E-state index >= 15 is 0 Å². The fourth-order valence-corrected chi connectivity index (χ4v) is 2.95. The van der Waals surface area contributed by atoms with E-state index in [2.05, 4.69) is 10.3 Å². The molecule has 0 fully saturated rings. The summed E-state index contributed by atoms with van der Waals surface area (Å²) in [5.41, 5.74) is 2.00. The van der Waals surface area contributed by atoms with Crippen molar-refractivity contribution in [3.8, 4) is 0 Å². The maximum absolute atomic E-state index is 12.9. The summed E-state index contributed by atoms with van der Waals surface area (Å²) >= 11 is 12.1. The van der Waals surface area contributed by atoms with Crippen LogP contribution in [0.15, 0.2) is 54.7 Å². The lowest BCUT2D eigenvalue weighted by Crippen LogP contribution is -2.24. The number of amides is 1. The van der Waals surface area contributed by atoms with Gasteiger partial charge >= 0.3 is 0 Å². The van der Waals surface area contributed by atoms with Crippen LogP contribution in [-0.4, -0.2) is 17.5 Å². The highest BCUT2D eigenvalue weighted by molar-refractivity contribution is 6.35. The molecule has 6 heteroatoms. The summed E-state index contributed by atoms with van der Waals surface area (Å²) in [6.07, 6.45) is 0.886. The van der Waals surface area contributed by atoms with Gasteiger partial charge in [-0.25, -0.2) is 0 Å². The zero-order valence-corrected chi connectivity index (χ0v) is 15.0. The predicted octanol–water partition coefficient (Wildman–Crippen LogP) is 5.26. The number of hydrogen-bond donors (Lipinski definition) is 1. The Labute approximate surface area is 155 Å². The Morgan fingerprint density at radius 1 is 1.20 bits per heavy atom. The molecule has 3 rings (SSSR count). The highest BCUT2D eigenvalue weighted by atomic mass is 35.5. The smallest absolute Gasteiger partial charge is 0.258 e. The number of fused-ring (bicyclic) bond motifs is 1. The van der Waals surface area contributed by atoms with Crippen molar-refractivity contribution in [2.45, 2.75) is 13.0 Å². The molecule has 1 aromatic heterocycles. The van der Waals surface area contributed by atoms with Crippen molar-refractivity contribution in [1.29, 1.82) is 0 Å². The molecule has 1 amide bonds. The maximum atomic E-state index is 12.9. The van der Waals surface area contributed by atoms with Crippen molar-refractivity contribution in [3.63, 3.8) is 0 Å². The van der Waals surface area contributed by atoms with E-state index in [0.29, 0.717) is 22.3 Å². The molecule has 4 nitrogen and oxygen atoms in total. The van der Waals surface area contributed by atoms with E-state index in [1.165, 1.54) is 0 Å². The number of para-hydroxylation sites is 1. The van der Waals surface area contributed by atoms with Gasteiger partial charge in [0, 0.05) is 28.8 Å². The van der Waals surface area contributed by atoms with Gasteiger partial charge in [-0.2, -0.15) is 0 Å². The summed E-state index contributed by atoms with van der Waals surface area (Å²) in [5, 5.41) is 4.57. The van der Waals surface area contributed by atoms with Gasteiger partial charge in [-0.15, -0.1) is 0 Å². The van der Waals surface area contributed by atoms with Crippen LogP contribution < -0.4 is 5.32 Å². The zero-order chi connectivity index (χ0) is 17.8. The normalized spacial score (nSPS) is 12.1. The van der Waals surface area contributed by atoms with Crippen molar-refractivity contribution < 1.29 is 9.53 Å². The SMILES string of the molecule is CCOC(C(=O)Nc1cc(Cl)ccc1Cl)c1ccnc2ccccc12. The molecule has 0 aliphatic rings. The molecule has 0 saturated carbocycles. The number of nitrogens with zero attached hydrogens (tertiary/aromatic N) is 1. The number of anilines is 1. The Kier molecular flexibility index (Phi) is 5.53. The molecule has 2 aromatic carbocycles. The molecule has 1 unspecified atom stereocenters. The number of pyridine rings is 1. The summed E-state index contributed by atoms with van der Waals surface area (Å²) < 4.78 is 5.72. The van der Waals surface area contributed by atoms with E-state index < -0.39 is 6.10 Å². The first kappa shape index (κ1) is 17.7. The largest absolute Gasteiger partial charge is 0.364 e. The van der Waals surface area contributed by atoms with Crippen molar-refractivity contribution in [1.82, 2.24) is 4.98 Å². The summed E-state index contributed by atoms with van der Waals surface area (Å²) in [7, 11) is 0. The summed E-state index contributed by atoms with van der Waals surface area (Å²) in [6, 6.07) is 14.3. The second-order valence-electron chi connectivity index (χ2n) is 5.37. The van der Waals surface area contributed by atoms with Crippen LogP contribution in [0.5, 0.6) is 0 Å². The van der Waals surface area contributed by atoms with E-state index in [1.54, 1.807) is 30.5 Å². The van der Waals surface area contributed by atoms with Crippen molar-refractivity contribution in [3.05, 3.63) is 70.3 Å². The Hall–Kier alpha value is -2.14. The molecular weight excluding hydrogens is 359 g/mol. The lowest BCUT2D eigenvalue weighted by molar-refractivity contribution is -0.127. The summed E-state index contributed by atoms with van der Waals surface area (Å²) in [5.74, 6) is -0.317. The van der Waals surface area contributed by atoms with Crippen molar-refractivity contribution >= 4 is 45.7 Å². The highest BCUT2D eigenvalue weighted by Gasteiger charge is 2.24. The number of rotatable bonds is 5. The third-order valence-corrected chi connectivity index (χ3v) is 4.29. The van der Waals surface area contributed by atoms with Gasteiger partial charge in [-0.05, 0) is 37.3 Å². The fraction of sp³-hybridized carbons (Fsp3) is 0.158. The standard InChI is InChI=1S/C19H16Cl2N2O2/c1-2-25-18(14-9-10-22-16-6-4-3-5-13(14)16)19(24)23-17-11-12(20)7-8-15(17)21/h3-11,18H,2H2,1H3,(H,23,24). The highest BCUT2D eigenvalue weighted by Crippen LogP contribution is 2.29. The molecule has 1 atom stereocenters. The molecule has 0 radical (unpaired) electrons. The van der Waals surface area contributed by atoms with Crippen molar-refractivity contribution in [2.24, 2.45) is 0 Å². The molecule has 3 aromatic rings. The summed E-state index contributed by atoms with van der Waals surface area (Å²) in [6.45, 7) is 2.23. The minimum atomic E-state index is -0.784. The van der Waals surface area contributed by atoms with Gasteiger partial charge in [0.1, 0.15) is 0 Å². The van der Waals surface area contributed by atoms with E-state index in [9.17, 15) is 4.79 Å². The van der Waals surface area contributed by atoms with Crippen LogP contribution in [-0.2, 0) is 9.53 Å². The van der Waals surface area contributed by atoms with Gasteiger partial charge < -0.3 is 10.1 Å². The van der Waals surface area contributed by atoms with E-state index in [-0.39, 0.29) is 5.91 Å². The Morgan fingerprint density at radius 2 is 2.00 bits per heavy atom. The number of ether oxygens (including phenoxy) is 1. The number of carbonyl (C=O) groups excluding carboxylic acids is 1. The zero-order valence-electron chi connectivity index (χ0n) is 13.5. The van der Waals surface area contributed by atoms with Crippen LogP contribution >= 0.6 is 23.2 Å². The average molecular weight is 375 g/mol. The lowest BCUT2D eigenvalue weighted by Gasteiger charge is -2.19. The molecule has 0 bridgehead atoms. The lowest BCUT2D eigenvalue weighted by atomic mass is 10.0. The Morgan fingerprint density at radius 3 is 2.80 bits per heavy atom. The topological polar surface area (TPSA) is 51.2 Å². The summed E-state index contributed by atoms with van der Waals surface area (Å²) in [4.78, 5) is 17.2. The maximum Gasteiger partial charge on any atom is 0.258 e. The quantitative estimate of drug-likeness (QED) is 0.662. The van der Waals surface area contributed by atoms with Crippen LogP contribution in [0.3, 0.4) is 0 Å². The first-order chi connectivity index (χ1) is 12.1. The number of halogens is 2. The molecule has 0 saturated heterocycles. The number of benzene rings is 2. The number of aromatic nitrogens is 1. The van der Waals surface area contributed by atoms with Gasteiger partial charge in [-0.1, -0.05) is 41.4 Å². The Bertz CT molecular complexity index is 910. The van der Waals surface area contributed by atoms with Crippen LogP contribution in [0, 0.1) is 0 Å². The molecular formula is C19H16Cl2N2O2. The molecule has 0 spiro atoms. The minimum absolute atomic E-state index is 0.317. The second kappa shape index (κ2) is 7.83. The van der Waals surface area contributed by atoms with Crippen LogP contribution in [0.4, 0.5) is 5.69 Å². The number of hydrogen-bond acceptors (Lipinski definition) is 3. The molecule has 1 N–H and O–H groups in total. The minimum Gasteiger partial charge on any atom is -0.364 e. The number of nitrogens with one attached hydrogen (secondary N) is 1. The van der Waals surface area contributed by atoms with E-state index in [0.717, 1.165) is 16.5 Å². The van der Waals surface area contributed by atoms with Gasteiger partial charge in [0.25, 0.3) is 5.91 Å². The molecule has 0 aliphatic carbocycles. The van der Waals surface area contributed by atoms with Crippen LogP contribution in [0.25, 0.3) is 10.9 Å². The molecule has 128 valence electrons. The average Bonchev–Trinajstić information content (AvgIpc) is 2.62. The van der Waals surface area contributed by atoms with E-state index in [1.807, 2.05) is 31.2 Å². The van der Waals surface area contributed by atoms with Crippen LogP contribution in [0.2, 0.25) is 10.0 Å². The fourth-order valence-electron chi connectivity index (χ4n) is 2.61. The second-order valence-corrected chi connectivity index (χ2v) is 6.21. The predicted molar refractivity (Wildman–Crippen MR) is 101 cm³/mol. The Balaban J connectivity index is 1.97. The molecule has 0 aliphatic heterocycles. The van der Waals surface area contributed by atoms with Gasteiger partial charge in [-0.3, -0.25) is 9.78 Å². The first-order valence-electron chi connectivity index (χ1n) is 7.81. The molecule has 1 heterocycles. The van der Waals surface area contributed by atoms with Crippen LogP contribution in [0.1, 0.15) is 18.6 Å². The third-order valence-electron chi connectivity index (χ3n) is 3.72. The monoisotopic (exact) mass is 374 g/mol. The van der Waals surface area contributed by atoms with Gasteiger partial charge in [0.05, 0.1) is 16.2 Å². The molecule has 25 heavy (non-hydrogen) atoms. The number of carbonyl (C=O) groups is 1. The van der Waals surface area contributed by atoms with E-state index in [4.69, 9.17) is 27.9 Å². The van der Waals surface area contributed by atoms with Gasteiger partial charge in [0.15, 0.2) is 6.10 Å². The first-order valence-corrected chi connectivity index (χ1v) is 8.57. The van der Waals surface area contributed by atoms with Crippen molar-refractivity contribution in [2.75, 3.05) is 11.9 Å².